The SMILES string of the molecule is CCc1ccc(-c2ccc(Cl)cc2)cc1C1=C(OC(=O)C2CC2)C(C)(C)OC(C)(C)C1=O. The summed E-state index contributed by atoms with van der Waals surface area (Å²) in [6, 6.07) is 13.7. The molecule has 0 spiro atoms. The fraction of sp³-hybridized carbons (Fsp3) is 0.407. The molecule has 0 bridgehead atoms. The van der Waals surface area contributed by atoms with Gasteiger partial charge in [-0.05, 0) is 87.4 Å². The molecule has 1 saturated carbocycles. The molecule has 4 rings (SSSR count). The lowest BCUT2D eigenvalue weighted by Gasteiger charge is -2.42. The van der Waals surface area contributed by atoms with Gasteiger partial charge < -0.3 is 9.47 Å². The van der Waals surface area contributed by atoms with Crippen LogP contribution in [0.1, 0.15) is 58.6 Å². The van der Waals surface area contributed by atoms with E-state index >= 15 is 0 Å². The molecule has 1 heterocycles. The van der Waals surface area contributed by atoms with Gasteiger partial charge in [0.15, 0.2) is 11.5 Å². The van der Waals surface area contributed by atoms with Crippen molar-refractivity contribution in [1.82, 2.24) is 0 Å². The van der Waals surface area contributed by atoms with Crippen molar-refractivity contribution < 1.29 is 19.1 Å². The summed E-state index contributed by atoms with van der Waals surface area (Å²) in [6.07, 6.45) is 2.39. The number of ether oxygens (including phenoxy) is 2. The monoisotopic (exact) mass is 452 g/mol. The van der Waals surface area contributed by atoms with Crippen molar-refractivity contribution in [2.75, 3.05) is 0 Å². The number of carbonyl (C=O) groups excluding carboxylic acids is 2. The smallest absolute Gasteiger partial charge is 0.314 e. The summed E-state index contributed by atoms with van der Waals surface area (Å²) in [5.74, 6) is -0.246. The van der Waals surface area contributed by atoms with Crippen LogP contribution in [0.25, 0.3) is 16.7 Å². The van der Waals surface area contributed by atoms with Crippen LogP contribution in [-0.2, 0) is 25.5 Å². The zero-order valence-corrected chi connectivity index (χ0v) is 20.0. The van der Waals surface area contributed by atoms with E-state index in [0.717, 1.165) is 41.5 Å². The molecule has 5 heteroatoms. The van der Waals surface area contributed by atoms with Crippen molar-refractivity contribution in [1.29, 1.82) is 0 Å². The fourth-order valence-electron chi connectivity index (χ4n) is 4.30. The molecular formula is C27H29ClO4. The maximum Gasteiger partial charge on any atom is 0.314 e. The third-order valence-electron chi connectivity index (χ3n) is 6.11. The number of halogens is 1. The molecule has 0 unspecified atom stereocenters. The van der Waals surface area contributed by atoms with E-state index in [2.05, 4.69) is 6.92 Å². The average molecular weight is 453 g/mol. The van der Waals surface area contributed by atoms with Crippen LogP contribution in [0.3, 0.4) is 0 Å². The Morgan fingerprint density at radius 2 is 1.66 bits per heavy atom. The first-order chi connectivity index (χ1) is 15.0. The van der Waals surface area contributed by atoms with Gasteiger partial charge in [-0.3, -0.25) is 9.59 Å². The Bertz CT molecular complexity index is 1100. The van der Waals surface area contributed by atoms with Gasteiger partial charge >= 0.3 is 5.97 Å². The van der Waals surface area contributed by atoms with Crippen molar-refractivity contribution in [3.8, 4) is 11.1 Å². The maximum atomic E-state index is 13.7. The molecule has 4 nitrogen and oxygen atoms in total. The number of carbonyl (C=O) groups is 2. The number of aryl methyl sites for hydroxylation is 1. The minimum absolute atomic E-state index is 0.0874. The highest BCUT2D eigenvalue weighted by Gasteiger charge is 2.49. The zero-order valence-electron chi connectivity index (χ0n) is 19.3. The Morgan fingerprint density at radius 3 is 2.25 bits per heavy atom. The predicted octanol–water partition coefficient (Wildman–Crippen LogP) is 6.39. The highest BCUT2D eigenvalue weighted by Crippen LogP contribution is 2.44. The van der Waals surface area contributed by atoms with Gasteiger partial charge in [0.25, 0.3) is 0 Å². The Morgan fingerprint density at radius 1 is 1.03 bits per heavy atom. The Hall–Kier alpha value is -2.43. The van der Waals surface area contributed by atoms with Gasteiger partial charge in [-0.15, -0.1) is 0 Å². The molecule has 0 atom stereocenters. The molecular weight excluding hydrogens is 424 g/mol. The van der Waals surface area contributed by atoms with Crippen molar-refractivity contribution >= 4 is 28.9 Å². The lowest BCUT2D eigenvalue weighted by atomic mass is 9.80. The topological polar surface area (TPSA) is 52.6 Å². The van der Waals surface area contributed by atoms with E-state index in [0.29, 0.717) is 16.4 Å². The summed E-state index contributed by atoms with van der Waals surface area (Å²) >= 11 is 6.07. The van der Waals surface area contributed by atoms with Crippen LogP contribution < -0.4 is 0 Å². The first-order valence-electron chi connectivity index (χ1n) is 11.1. The molecule has 0 amide bonds. The highest BCUT2D eigenvalue weighted by atomic mass is 35.5. The molecule has 1 aliphatic heterocycles. The van der Waals surface area contributed by atoms with Crippen LogP contribution in [0.4, 0.5) is 0 Å². The highest BCUT2D eigenvalue weighted by molar-refractivity contribution is 6.30. The molecule has 2 aromatic rings. The van der Waals surface area contributed by atoms with Crippen LogP contribution in [0.15, 0.2) is 48.2 Å². The minimum atomic E-state index is -1.05. The second-order valence-electron chi connectivity index (χ2n) is 9.58. The van der Waals surface area contributed by atoms with E-state index in [4.69, 9.17) is 21.1 Å². The molecule has 1 aliphatic carbocycles. The molecule has 168 valence electrons. The normalized spacial score (nSPS) is 19.8. The number of ketones is 1. The molecule has 1 fully saturated rings. The van der Waals surface area contributed by atoms with Crippen molar-refractivity contribution in [2.45, 2.75) is 65.1 Å². The Kier molecular flexibility index (Phi) is 5.81. The lowest BCUT2D eigenvalue weighted by Crippen LogP contribution is -2.50. The quantitative estimate of drug-likeness (QED) is 0.493. The Balaban J connectivity index is 1.93. The number of Topliss-reactive ketones (excluding diaryl/α,β-unsaturated/α-hetero) is 1. The van der Waals surface area contributed by atoms with Gasteiger partial charge in [0.2, 0.25) is 0 Å². The third-order valence-corrected chi connectivity index (χ3v) is 6.36. The molecule has 0 aromatic heterocycles. The van der Waals surface area contributed by atoms with Crippen molar-refractivity contribution in [3.05, 3.63) is 64.4 Å². The van der Waals surface area contributed by atoms with Crippen LogP contribution in [0.5, 0.6) is 0 Å². The number of esters is 1. The van der Waals surface area contributed by atoms with Crippen LogP contribution >= 0.6 is 11.6 Å². The first kappa shape index (κ1) is 22.8. The number of hydrogen-bond donors (Lipinski definition) is 0. The summed E-state index contributed by atoms with van der Waals surface area (Å²) in [6.45, 7) is 9.30. The van der Waals surface area contributed by atoms with Crippen molar-refractivity contribution in [2.24, 2.45) is 5.92 Å². The molecule has 0 saturated heterocycles. The second-order valence-corrected chi connectivity index (χ2v) is 10.0. The average Bonchev–Trinajstić information content (AvgIpc) is 3.57. The van der Waals surface area contributed by atoms with Gasteiger partial charge in [-0.2, -0.15) is 0 Å². The lowest BCUT2D eigenvalue weighted by molar-refractivity contribution is -0.166. The van der Waals surface area contributed by atoms with Gasteiger partial charge in [0.05, 0.1) is 11.5 Å². The van der Waals surface area contributed by atoms with Crippen LogP contribution in [0.2, 0.25) is 5.02 Å². The van der Waals surface area contributed by atoms with E-state index in [1.165, 1.54) is 0 Å². The summed E-state index contributed by atoms with van der Waals surface area (Å²) < 4.78 is 12.0. The summed E-state index contributed by atoms with van der Waals surface area (Å²) in [4.78, 5) is 26.3. The minimum Gasteiger partial charge on any atom is -0.427 e. The third kappa shape index (κ3) is 4.26. The summed E-state index contributed by atoms with van der Waals surface area (Å²) in [5.41, 5.74) is 2.21. The molecule has 0 radical (unpaired) electrons. The standard InChI is InChI=1S/C27H29ClO4/c1-6-16-7-10-19(17-11-13-20(28)14-12-17)15-21(16)22-23(29)26(2,3)32-27(4,5)24(22)31-25(30)18-8-9-18/h7,10-15,18H,6,8-9H2,1-5H3. The van der Waals surface area contributed by atoms with Crippen LogP contribution in [0, 0.1) is 5.92 Å². The Labute approximate surface area is 194 Å². The number of benzene rings is 2. The summed E-state index contributed by atoms with van der Waals surface area (Å²) in [5, 5.41) is 0.666. The van der Waals surface area contributed by atoms with E-state index in [-0.39, 0.29) is 17.7 Å². The second kappa shape index (κ2) is 8.17. The predicted molar refractivity (Wildman–Crippen MR) is 126 cm³/mol. The number of hydrogen-bond acceptors (Lipinski definition) is 4. The first-order valence-corrected chi connectivity index (χ1v) is 11.5. The molecule has 2 aromatic carbocycles. The number of rotatable bonds is 5. The molecule has 32 heavy (non-hydrogen) atoms. The van der Waals surface area contributed by atoms with E-state index in [1.54, 1.807) is 13.8 Å². The zero-order chi connectivity index (χ0) is 23.3. The molecule has 0 N–H and O–H groups in total. The van der Waals surface area contributed by atoms with Crippen LogP contribution in [-0.4, -0.2) is 23.0 Å². The molecule has 2 aliphatic rings. The maximum absolute atomic E-state index is 13.7. The van der Waals surface area contributed by atoms with Gasteiger partial charge in [0, 0.05) is 5.02 Å². The van der Waals surface area contributed by atoms with E-state index in [9.17, 15) is 9.59 Å². The van der Waals surface area contributed by atoms with Gasteiger partial charge in [-0.1, -0.05) is 42.8 Å². The van der Waals surface area contributed by atoms with Gasteiger partial charge in [0.1, 0.15) is 11.2 Å². The van der Waals surface area contributed by atoms with Crippen molar-refractivity contribution in [3.63, 3.8) is 0 Å². The summed E-state index contributed by atoms with van der Waals surface area (Å²) in [7, 11) is 0. The fourth-order valence-corrected chi connectivity index (χ4v) is 4.42. The van der Waals surface area contributed by atoms with Gasteiger partial charge in [-0.25, -0.2) is 0 Å². The van der Waals surface area contributed by atoms with E-state index in [1.807, 2.05) is 56.3 Å². The van der Waals surface area contributed by atoms with E-state index < -0.39 is 11.2 Å². The largest absolute Gasteiger partial charge is 0.427 e.